The first-order valence-corrected chi connectivity index (χ1v) is 6.36. The van der Waals surface area contributed by atoms with Crippen LogP contribution in [0.15, 0.2) is 34.8 Å². The second kappa shape index (κ2) is 5.35. The summed E-state index contributed by atoms with van der Waals surface area (Å²) in [7, 11) is 0. The van der Waals surface area contributed by atoms with E-state index < -0.39 is 23.5 Å². The molecule has 0 fully saturated rings. The van der Waals surface area contributed by atoms with E-state index in [9.17, 15) is 13.2 Å². The summed E-state index contributed by atoms with van der Waals surface area (Å²) in [5, 5.41) is 0. The van der Waals surface area contributed by atoms with Gasteiger partial charge in [-0.2, -0.15) is 0 Å². The van der Waals surface area contributed by atoms with Crippen molar-refractivity contribution < 1.29 is 13.2 Å². The molecule has 0 aromatic heterocycles. The van der Waals surface area contributed by atoms with E-state index in [1.165, 1.54) is 25.1 Å². The Labute approximate surface area is 117 Å². The molecule has 5 heteroatoms. The Bertz CT molecular complexity index is 608. The highest BCUT2D eigenvalue weighted by Gasteiger charge is 2.24. The zero-order valence-electron chi connectivity index (χ0n) is 10.1. The number of benzene rings is 2. The molecule has 100 valence electrons. The van der Waals surface area contributed by atoms with Gasteiger partial charge in [-0.1, -0.05) is 28.1 Å². The number of nitrogens with two attached hydrogens (primary N) is 1. The molecule has 0 radical (unpaired) electrons. The maximum absolute atomic E-state index is 14.0. The lowest BCUT2D eigenvalue weighted by atomic mass is 9.96. The molecular formula is C14H11BrF3N. The van der Waals surface area contributed by atoms with Gasteiger partial charge in [0.25, 0.3) is 0 Å². The average molecular weight is 330 g/mol. The van der Waals surface area contributed by atoms with Gasteiger partial charge in [0.15, 0.2) is 0 Å². The van der Waals surface area contributed by atoms with Crippen LogP contribution in [0.1, 0.15) is 22.7 Å². The number of halogens is 4. The molecule has 0 aliphatic rings. The van der Waals surface area contributed by atoms with E-state index in [-0.39, 0.29) is 16.7 Å². The summed E-state index contributed by atoms with van der Waals surface area (Å²) in [4.78, 5) is 0. The highest BCUT2D eigenvalue weighted by atomic mass is 79.9. The summed E-state index contributed by atoms with van der Waals surface area (Å²) in [5.74, 6) is -2.14. The molecule has 0 aliphatic carbocycles. The molecule has 2 rings (SSSR count). The van der Waals surface area contributed by atoms with Crippen LogP contribution in [0.4, 0.5) is 13.2 Å². The van der Waals surface area contributed by atoms with Gasteiger partial charge in [-0.25, -0.2) is 13.2 Å². The third-order valence-electron chi connectivity index (χ3n) is 2.94. The van der Waals surface area contributed by atoms with E-state index in [2.05, 4.69) is 15.9 Å². The lowest BCUT2D eigenvalue weighted by molar-refractivity contribution is 0.527. The van der Waals surface area contributed by atoms with Crippen molar-refractivity contribution in [1.29, 1.82) is 0 Å². The molecule has 2 N–H and O–H groups in total. The number of hydrogen-bond donors (Lipinski definition) is 1. The van der Waals surface area contributed by atoms with Crippen LogP contribution in [0, 0.1) is 24.4 Å². The van der Waals surface area contributed by atoms with Gasteiger partial charge < -0.3 is 5.73 Å². The molecule has 1 nitrogen and oxygen atoms in total. The van der Waals surface area contributed by atoms with E-state index in [0.29, 0.717) is 4.47 Å². The van der Waals surface area contributed by atoms with Crippen molar-refractivity contribution >= 4 is 15.9 Å². The smallest absolute Gasteiger partial charge is 0.134 e. The molecule has 0 amide bonds. The highest BCUT2D eigenvalue weighted by molar-refractivity contribution is 9.10. The molecule has 1 atom stereocenters. The van der Waals surface area contributed by atoms with E-state index in [1.807, 2.05) is 0 Å². The number of rotatable bonds is 2. The average Bonchev–Trinajstić information content (AvgIpc) is 2.34. The molecule has 0 heterocycles. The largest absolute Gasteiger partial charge is 0.320 e. The highest BCUT2D eigenvalue weighted by Crippen LogP contribution is 2.32. The molecule has 0 saturated heterocycles. The SMILES string of the molecule is Cc1ccc(F)c(C(N)c2c(F)cccc2Br)c1F. The van der Waals surface area contributed by atoms with Gasteiger partial charge in [-0.15, -0.1) is 0 Å². The van der Waals surface area contributed by atoms with Gasteiger partial charge in [-0.05, 0) is 30.7 Å². The van der Waals surface area contributed by atoms with Crippen molar-refractivity contribution in [3.05, 3.63) is 68.9 Å². The normalized spacial score (nSPS) is 12.5. The monoisotopic (exact) mass is 329 g/mol. The Balaban J connectivity index is 2.63. The first-order valence-electron chi connectivity index (χ1n) is 5.57. The minimum absolute atomic E-state index is 0.0332. The van der Waals surface area contributed by atoms with Crippen LogP contribution >= 0.6 is 15.9 Å². The van der Waals surface area contributed by atoms with Gasteiger partial charge in [0.2, 0.25) is 0 Å². The fourth-order valence-corrected chi connectivity index (χ4v) is 2.50. The molecule has 0 spiro atoms. The minimum atomic E-state index is -1.21. The maximum Gasteiger partial charge on any atom is 0.134 e. The molecule has 19 heavy (non-hydrogen) atoms. The van der Waals surface area contributed by atoms with Crippen molar-refractivity contribution in [2.24, 2.45) is 5.73 Å². The first kappa shape index (κ1) is 14.1. The second-order valence-corrected chi connectivity index (χ2v) is 5.06. The number of aryl methyl sites for hydroxylation is 1. The first-order chi connectivity index (χ1) is 8.93. The van der Waals surface area contributed by atoms with Crippen LogP contribution in [0.25, 0.3) is 0 Å². The third-order valence-corrected chi connectivity index (χ3v) is 3.63. The van der Waals surface area contributed by atoms with Crippen molar-refractivity contribution in [2.75, 3.05) is 0 Å². The van der Waals surface area contributed by atoms with Gasteiger partial charge in [-0.3, -0.25) is 0 Å². The topological polar surface area (TPSA) is 26.0 Å². The summed E-state index contributed by atoms with van der Waals surface area (Å²) in [6.45, 7) is 1.50. The second-order valence-electron chi connectivity index (χ2n) is 4.20. The molecular weight excluding hydrogens is 319 g/mol. The standard InChI is InChI=1S/C14H11BrF3N/c1-7-5-6-10(17)12(13(7)18)14(19)11-8(15)3-2-4-9(11)16/h2-6,14H,19H2,1H3. The predicted molar refractivity (Wildman–Crippen MR) is 71.2 cm³/mol. The van der Waals surface area contributed by atoms with Crippen molar-refractivity contribution in [2.45, 2.75) is 13.0 Å². The summed E-state index contributed by atoms with van der Waals surface area (Å²) in [6.07, 6.45) is 0. The van der Waals surface area contributed by atoms with E-state index in [1.54, 1.807) is 6.07 Å². The van der Waals surface area contributed by atoms with Crippen LogP contribution in [0.2, 0.25) is 0 Å². The molecule has 0 bridgehead atoms. The van der Waals surface area contributed by atoms with Crippen molar-refractivity contribution in [3.8, 4) is 0 Å². The van der Waals surface area contributed by atoms with Gasteiger partial charge >= 0.3 is 0 Å². The lowest BCUT2D eigenvalue weighted by Gasteiger charge is -2.17. The van der Waals surface area contributed by atoms with Crippen LogP contribution in [-0.4, -0.2) is 0 Å². The van der Waals surface area contributed by atoms with Crippen LogP contribution < -0.4 is 5.73 Å². The summed E-state index contributed by atoms with van der Waals surface area (Å²) in [5.41, 5.74) is 5.81. The third kappa shape index (κ3) is 2.53. The summed E-state index contributed by atoms with van der Waals surface area (Å²) in [6, 6.07) is 5.49. The Morgan fingerprint density at radius 3 is 2.26 bits per heavy atom. The van der Waals surface area contributed by atoms with Crippen LogP contribution in [-0.2, 0) is 0 Å². The van der Waals surface area contributed by atoms with Gasteiger partial charge in [0, 0.05) is 15.6 Å². The quantitative estimate of drug-likeness (QED) is 0.876. The fraction of sp³-hybridized carbons (Fsp3) is 0.143. The minimum Gasteiger partial charge on any atom is -0.320 e. The molecule has 0 aliphatic heterocycles. The van der Waals surface area contributed by atoms with E-state index in [4.69, 9.17) is 5.73 Å². The van der Waals surface area contributed by atoms with E-state index >= 15 is 0 Å². The zero-order valence-corrected chi connectivity index (χ0v) is 11.6. The van der Waals surface area contributed by atoms with Gasteiger partial charge in [0.05, 0.1) is 6.04 Å². The molecule has 0 saturated carbocycles. The Morgan fingerprint density at radius 2 is 1.63 bits per heavy atom. The number of hydrogen-bond acceptors (Lipinski definition) is 1. The van der Waals surface area contributed by atoms with Crippen molar-refractivity contribution in [3.63, 3.8) is 0 Å². The fourth-order valence-electron chi connectivity index (χ4n) is 1.92. The zero-order chi connectivity index (χ0) is 14.2. The molecule has 1 unspecified atom stereocenters. The summed E-state index contributed by atoms with van der Waals surface area (Å²) < 4.78 is 41.9. The van der Waals surface area contributed by atoms with E-state index in [0.717, 1.165) is 6.07 Å². The van der Waals surface area contributed by atoms with Crippen molar-refractivity contribution in [1.82, 2.24) is 0 Å². The van der Waals surface area contributed by atoms with Crippen LogP contribution in [0.3, 0.4) is 0 Å². The Morgan fingerprint density at radius 1 is 1.00 bits per heavy atom. The molecule has 2 aromatic carbocycles. The maximum atomic E-state index is 14.0. The lowest BCUT2D eigenvalue weighted by Crippen LogP contribution is -2.18. The Hall–Kier alpha value is -1.33. The van der Waals surface area contributed by atoms with Crippen LogP contribution in [0.5, 0.6) is 0 Å². The molecule has 2 aromatic rings. The predicted octanol–water partition coefficient (Wildman–Crippen LogP) is 4.22. The summed E-state index contributed by atoms with van der Waals surface area (Å²) >= 11 is 3.15. The van der Waals surface area contributed by atoms with Gasteiger partial charge in [0.1, 0.15) is 17.5 Å². The Kier molecular flexibility index (Phi) is 3.96.